The molecule has 1 aromatic carbocycles. The van der Waals surface area contributed by atoms with Crippen LogP contribution in [0.2, 0.25) is 0 Å². The fourth-order valence-electron chi connectivity index (χ4n) is 2.22. The van der Waals surface area contributed by atoms with Gasteiger partial charge in [-0.15, -0.1) is 0 Å². The van der Waals surface area contributed by atoms with Gasteiger partial charge in [0.1, 0.15) is 0 Å². The van der Waals surface area contributed by atoms with Crippen LogP contribution in [0.1, 0.15) is 0 Å². The number of carbonyl (C=O) groups is 2. The molecule has 1 fully saturated rings. The van der Waals surface area contributed by atoms with E-state index in [-0.39, 0.29) is 0 Å². The first-order valence-corrected chi connectivity index (χ1v) is 7.96. The zero-order chi connectivity index (χ0) is 15.2. The van der Waals surface area contributed by atoms with E-state index < -0.39 is 11.8 Å². The predicted octanol–water partition coefficient (Wildman–Crippen LogP) is 0.333. The van der Waals surface area contributed by atoms with E-state index >= 15 is 0 Å². The van der Waals surface area contributed by atoms with Crippen LogP contribution in [-0.4, -0.2) is 60.9 Å². The Balaban J connectivity index is 1.85. The first kappa shape index (κ1) is 16.2. The third-order valence-electron chi connectivity index (χ3n) is 3.40. The van der Waals surface area contributed by atoms with Gasteiger partial charge < -0.3 is 16.0 Å². The van der Waals surface area contributed by atoms with Gasteiger partial charge in [-0.1, -0.05) is 0 Å². The van der Waals surface area contributed by atoms with Crippen molar-refractivity contribution in [3.05, 3.63) is 27.8 Å². The number of nitrogens with one attached hydrogen (secondary N) is 1. The molecule has 1 aliphatic rings. The summed E-state index contributed by atoms with van der Waals surface area (Å²) in [6.07, 6.45) is 0. The van der Waals surface area contributed by atoms with Gasteiger partial charge in [0.05, 0.1) is 0 Å². The summed E-state index contributed by atoms with van der Waals surface area (Å²) in [6.45, 7) is 4.11. The molecule has 0 saturated carbocycles. The molecule has 114 valence electrons. The number of benzene rings is 1. The molecule has 2 rings (SSSR count). The monoisotopic (exact) mass is 402 g/mol. The highest BCUT2D eigenvalue weighted by molar-refractivity contribution is 14.1. The Morgan fingerprint density at radius 3 is 2.33 bits per heavy atom. The minimum atomic E-state index is -0.580. The van der Waals surface area contributed by atoms with Crippen LogP contribution in [0.5, 0.6) is 0 Å². The van der Waals surface area contributed by atoms with Crippen molar-refractivity contribution in [2.45, 2.75) is 0 Å². The van der Waals surface area contributed by atoms with Gasteiger partial charge in [0.15, 0.2) is 0 Å². The summed E-state index contributed by atoms with van der Waals surface area (Å²) in [4.78, 5) is 27.9. The summed E-state index contributed by atoms with van der Waals surface area (Å²) in [5.74, 6) is -1.05. The lowest BCUT2D eigenvalue weighted by Gasteiger charge is -2.34. The van der Waals surface area contributed by atoms with Crippen LogP contribution in [0.4, 0.5) is 5.69 Å². The van der Waals surface area contributed by atoms with Gasteiger partial charge in [-0.3, -0.25) is 14.5 Å². The standard InChI is InChI=1S/C14H19IN4O2/c15-11-1-3-12(4-2-11)17-13(20)14(21)19-9-7-18(6-5-16)8-10-19/h1-4H,5-10,16H2,(H,17,20). The molecule has 1 heterocycles. The van der Waals surface area contributed by atoms with Gasteiger partial charge in [-0.2, -0.15) is 0 Å². The maximum absolute atomic E-state index is 12.1. The molecule has 0 unspecified atom stereocenters. The summed E-state index contributed by atoms with van der Waals surface area (Å²) < 4.78 is 1.08. The average Bonchev–Trinajstić information content (AvgIpc) is 2.50. The summed E-state index contributed by atoms with van der Waals surface area (Å²) >= 11 is 2.19. The van der Waals surface area contributed by atoms with Crippen molar-refractivity contribution >= 4 is 40.1 Å². The SMILES string of the molecule is NCCN1CCN(C(=O)C(=O)Nc2ccc(I)cc2)CC1. The molecule has 1 aromatic rings. The highest BCUT2D eigenvalue weighted by atomic mass is 127. The molecule has 6 nitrogen and oxygen atoms in total. The molecule has 0 spiro atoms. The van der Waals surface area contributed by atoms with Crippen LogP contribution < -0.4 is 11.1 Å². The highest BCUT2D eigenvalue weighted by Gasteiger charge is 2.25. The average molecular weight is 402 g/mol. The van der Waals surface area contributed by atoms with E-state index in [0.29, 0.717) is 25.3 Å². The molecule has 0 bridgehead atoms. The van der Waals surface area contributed by atoms with Gasteiger partial charge in [0.25, 0.3) is 0 Å². The largest absolute Gasteiger partial charge is 0.332 e. The van der Waals surface area contributed by atoms with Crippen LogP contribution in [-0.2, 0) is 9.59 Å². The first-order chi connectivity index (χ1) is 10.1. The van der Waals surface area contributed by atoms with E-state index in [1.54, 1.807) is 17.0 Å². The van der Waals surface area contributed by atoms with E-state index in [1.165, 1.54) is 0 Å². The fraction of sp³-hybridized carbons (Fsp3) is 0.429. The third-order valence-corrected chi connectivity index (χ3v) is 4.12. The maximum atomic E-state index is 12.1. The number of anilines is 1. The molecule has 0 radical (unpaired) electrons. The molecule has 2 amide bonds. The van der Waals surface area contributed by atoms with Crippen LogP contribution in [0.15, 0.2) is 24.3 Å². The molecular weight excluding hydrogens is 383 g/mol. The van der Waals surface area contributed by atoms with E-state index in [1.807, 2.05) is 12.1 Å². The van der Waals surface area contributed by atoms with Crippen molar-refractivity contribution in [1.29, 1.82) is 0 Å². The Labute approximate surface area is 137 Å². The quantitative estimate of drug-likeness (QED) is 0.565. The zero-order valence-corrected chi connectivity index (χ0v) is 13.9. The topological polar surface area (TPSA) is 78.7 Å². The van der Waals surface area contributed by atoms with Crippen LogP contribution in [0, 0.1) is 3.57 Å². The minimum absolute atomic E-state index is 0.471. The molecule has 1 aliphatic heterocycles. The van der Waals surface area contributed by atoms with Gasteiger partial charge >= 0.3 is 11.8 Å². The smallest absolute Gasteiger partial charge is 0.313 e. The number of carbonyl (C=O) groups excluding carboxylic acids is 2. The normalized spacial score (nSPS) is 15.8. The number of hydrogen-bond donors (Lipinski definition) is 2. The van der Waals surface area contributed by atoms with Crippen molar-refractivity contribution in [3.63, 3.8) is 0 Å². The number of amides is 2. The van der Waals surface area contributed by atoms with Crippen LogP contribution >= 0.6 is 22.6 Å². The lowest BCUT2D eigenvalue weighted by Crippen LogP contribution is -2.52. The molecule has 21 heavy (non-hydrogen) atoms. The Bertz CT molecular complexity index is 498. The lowest BCUT2D eigenvalue weighted by atomic mass is 10.3. The van der Waals surface area contributed by atoms with Crippen LogP contribution in [0.25, 0.3) is 0 Å². The molecule has 0 aliphatic carbocycles. The van der Waals surface area contributed by atoms with Gasteiger partial charge in [0.2, 0.25) is 0 Å². The van der Waals surface area contributed by atoms with Gasteiger partial charge in [-0.25, -0.2) is 0 Å². The molecule has 0 atom stereocenters. The van der Waals surface area contributed by atoms with Gasteiger partial charge in [-0.05, 0) is 46.9 Å². The first-order valence-electron chi connectivity index (χ1n) is 6.88. The van der Waals surface area contributed by atoms with E-state index in [9.17, 15) is 9.59 Å². The van der Waals surface area contributed by atoms with Crippen molar-refractivity contribution in [2.75, 3.05) is 44.6 Å². The second-order valence-corrected chi connectivity index (χ2v) is 6.13. The van der Waals surface area contributed by atoms with E-state index in [0.717, 1.165) is 23.2 Å². The number of hydrogen-bond acceptors (Lipinski definition) is 4. The Hall–Kier alpha value is -1.19. The maximum Gasteiger partial charge on any atom is 0.313 e. The number of rotatable bonds is 3. The molecular formula is C14H19IN4O2. The van der Waals surface area contributed by atoms with E-state index in [4.69, 9.17) is 5.73 Å². The Morgan fingerprint density at radius 2 is 1.76 bits per heavy atom. The fourth-order valence-corrected chi connectivity index (χ4v) is 2.58. The summed E-state index contributed by atoms with van der Waals surface area (Å²) in [5.41, 5.74) is 6.15. The van der Waals surface area contributed by atoms with Crippen molar-refractivity contribution in [3.8, 4) is 0 Å². The Kier molecular flexibility index (Phi) is 5.95. The minimum Gasteiger partial charge on any atom is -0.332 e. The molecule has 3 N–H and O–H groups in total. The van der Waals surface area contributed by atoms with Crippen molar-refractivity contribution in [1.82, 2.24) is 9.80 Å². The number of piperazine rings is 1. The number of nitrogens with zero attached hydrogens (tertiary/aromatic N) is 2. The number of nitrogens with two attached hydrogens (primary N) is 1. The third kappa shape index (κ3) is 4.65. The number of halogens is 1. The van der Waals surface area contributed by atoms with Crippen molar-refractivity contribution in [2.24, 2.45) is 5.73 Å². The molecule has 0 aromatic heterocycles. The molecule has 7 heteroatoms. The molecule has 1 saturated heterocycles. The highest BCUT2D eigenvalue weighted by Crippen LogP contribution is 2.11. The van der Waals surface area contributed by atoms with Gasteiger partial charge in [0, 0.05) is 48.5 Å². The van der Waals surface area contributed by atoms with Crippen molar-refractivity contribution < 1.29 is 9.59 Å². The van der Waals surface area contributed by atoms with E-state index in [2.05, 4.69) is 32.8 Å². The zero-order valence-electron chi connectivity index (χ0n) is 11.7. The summed E-state index contributed by atoms with van der Waals surface area (Å²) in [7, 11) is 0. The second kappa shape index (κ2) is 7.71. The summed E-state index contributed by atoms with van der Waals surface area (Å²) in [5, 5.41) is 2.64. The second-order valence-electron chi connectivity index (χ2n) is 4.88. The predicted molar refractivity (Wildman–Crippen MR) is 89.9 cm³/mol. The Morgan fingerprint density at radius 1 is 1.14 bits per heavy atom. The van der Waals surface area contributed by atoms with Crippen LogP contribution in [0.3, 0.4) is 0 Å². The lowest BCUT2D eigenvalue weighted by molar-refractivity contribution is -0.144. The summed E-state index contributed by atoms with van der Waals surface area (Å²) in [6, 6.07) is 7.33.